The number of nitrogens with one attached hydrogen (secondary N) is 1. The zero-order valence-corrected chi connectivity index (χ0v) is 24.8. The molecule has 230 valence electrons. The van der Waals surface area contributed by atoms with Crippen LogP contribution in [-0.2, 0) is 9.53 Å². The molecule has 0 aliphatic carbocycles. The van der Waals surface area contributed by atoms with Crippen LogP contribution in [-0.4, -0.2) is 55.7 Å². The van der Waals surface area contributed by atoms with Crippen molar-refractivity contribution in [1.82, 2.24) is 9.55 Å². The van der Waals surface area contributed by atoms with Gasteiger partial charge in [-0.05, 0) is 12.5 Å². The molecule has 0 unspecified atom stereocenters. The van der Waals surface area contributed by atoms with Gasteiger partial charge in [-0.1, -0.05) is 122 Å². The van der Waals surface area contributed by atoms with Gasteiger partial charge in [0.2, 0.25) is 5.91 Å². The maximum Gasteiger partial charge on any atom is 0.351 e. The second-order valence-electron chi connectivity index (χ2n) is 11.4. The summed E-state index contributed by atoms with van der Waals surface area (Å²) in [6.07, 6.45) is 21.7. The summed E-state index contributed by atoms with van der Waals surface area (Å²) >= 11 is 0. The Labute approximate surface area is 240 Å². The minimum Gasteiger partial charge on any atom is -0.394 e. The van der Waals surface area contributed by atoms with Crippen LogP contribution < -0.4 is 11.0 Å². The molecule has 1 aliphatic heterocycles. The van der Waals surface area contributed by atoms with Crippen molar-refractivity contribution in [1.29, 1.82) is 0 Å². The first kappa shape index (κ1) is 34.4. The van der Waals surface area contributed by atoms with Gasteiger partial charge < -0.3 is 25.4 Å². The number of nitrogens with zero attached hydrogens (tertiary/aromatic N) is 2. The number of carbonyl (C=O) groups is 1. The van der Waals surface area contributed by atoms with E-state index in [0.717, 1.165) is 23.8 Å². The van der Waals surface area contributed by atoms with Crippen LogP contribution in [0.3, 0.4) is 0 Å². The van der Waals surface area contributed by atoms with Crippen LogP contribution in [0, 0.1) is 0 Å². The largest absolute Gasteiger partial charge is 0.394 e. The zero-order chi connectivity index (χ0) is 29.0. The van der Waals surface area contributed by atoms with Gasteiger partial charge in [0, 0.05) is 12.6 Å². The molecule has 1 fully saturated rings. The van der Waals surface area contributed by atoms with Crippen LogP contribution in [0.15, 0.2) is 17.1 Å². The van der Waals surface area contributed by atoms with Crippen LogP contribution >= 0.6 is 0 Å². The molecule has 1 saturated heterocycles. The first-order valence-corrected chi connectivity index (χ1v) is 16.0. The summed E-state index contributed by atoms with van der Waals surface area (Å²) in [5, 5.41) is 31.8. The van der Waals surface area contributed by atoms with Crippen molar-refractivity contribution >= 4 is 11.7 Å². The summed E-state index contributed by atoms with van der Waals surface area (Å²) in [4.78, 5) is 28.4. The number of ether oxygens (including phenoxy) is 1. The quantitative estimate of drug-likeness (QED) is 0.127. The molecule has 9 heteroatoms. The van der Waals surface area contributed by atoms with E-state index in [4.69, 9.17) is 4.74 Å². The summed E-state index contributed by atoms with van der Waals surface area (Å²) < 4.78 is 6.40. The molecule has 2 heterocycles. The van der Waals surface area contributed by atoms with E-state index in [9.17, 15) is 24.9 Å². The monoisotopic (exact) mass is 565 g/mol. The first-order valence-electron chi connectivity index (χ1n) is 16.0. The van der Waals surface area contributed by atoms with Crippen LogP contribution in [0.2, 0.25) is 0 Å². The van der Waals surface area contributed by atoms with Crippen molar-refractivity contribution in [3.63, 3.8) is 0 Å². The van der Waals surface area contributed by atoms with Crippen LogP contribution in [0.4, 0.5) is 5.82 Å². The number of carbonyl (C=O) groups excluding carboxylic acids is 1. The van der Waals surface area contributed by atoms with Crippen molar-refractivity contribution < 1.29 is 24.9 Å². The van der Waals surface area contributed by atoms with Gasteiger partial charge in [-0.3, -0.25) is 9.36 Å². The van der Waals surface area contributed by atoms with E-state index in [0.29, 0.717) is 6.42 Å². The highest BCUT2D eigenvalue weighted by Gasteiger charge is 2.43. The fraction of sp³-hybridized carbons (Fsp3) is 0.839. The Hall–Kier alpha value is -1.81. The lowest BCUT2D eigenvalue weighted by Crippen LogP contribution is -2.36. The molecule has 1 aliphatic rings. The predicted octanol–water partition coefficient (Wildman–Crippen LogP) is 5.62. The molecule has 0 spiro atoms. The van der Waals surface area contributed by atoms with Crippen LogP contribution in [0.1, 0.15) is 142 Å². The Balaban J connectivity index is 1.43. The molecule has 40 heavy (non-hydrogen) atoms. The normalized spacial score (nSPS) is 20.7. The maximum absolute atomic E-state index is 12.4. The number of unbranched alkanes of at least 4 members (excludes halogenated alkanes) is 18. The fourth-order valence-electron chi connectivity index (χ4n) is 5.36. The summed E-state index contributed by atoms with van der Waals surface area (Å²) in [5.74, 6) is -0.0552. The highest BCUT2D eigenvalue weighted by atomic mass is 16.6. The Bertz CT molecular complexity index is 864. The second kappa shape index (κ2) is 21.0. The van der Waals surface area contributed by atoms with E-state index < -0.39 is 36.8 Å². The smallest absolute Gasteiger partial charge is 0.351 e. The molecule has 1 aromatic heterocycles. The third kappa shape index (κ3) is 13.2. The molecule has 0 saturated carbocycles. The lowest BCUT2D eigenvalue weighted by molar-refractivity contribution is -0.116. The Morgan fingerprint density at radius 3 is 1.73 bits per heavy atom. The Morgan fingerprint density at radius 2 is 1.30 bits per heavy atom. The minimum atomic E-state index is -1.37. The van der Waals surface area contributed by atoms with Gasteiger partial charge in [-0.15, -0.1) is 0 Å². The summed E-state index contributed by atoms with van der Waals surface area (Å²) in [5.41, 5.74) is -0.726. The number of anilines is 1. The molecule has 9 nitrogen and oxygen atoms in total. The average molecular weight is 566 g/mol. The van der Waals surface area contributed by atoms with E-state index in [1.165, 1.54) is 115 Å². The topological polar surface area (TPSA) is 134 Å². The first-order chi connectivity index (χ1) is 19.5. The van der Waals surface area contributed by atoms with Gasteiger partial charge in [0.25, 0.3) is 0 Å². The molecular weight excluding hydrogens is 510 g/mol. The standard InChI is InChI=1S/C31H55N3O6/c1-2-3-4-5-6-7-8-9-10-11-12-13-14-15-16-17-18-19-20-21-27(36)32-26-22-23-34(31(39)33-26)30-29(38)28(37)25(24-35)40-30/h22-23,25,28-30,35,37-38H,2-21,24H2,1H3,(H,32,33,36,39)/t25-,28+,29+,30-/m0/s1. The van der Waals surface area contributed by atoms with Gasteiger partial charge in [0.1, 0.15) is 24.1 Å². The van der Waals surface area contributed by atoms with Crippen molar-refractivity contribution in [3.8, 4) is 0 Å². The summed E-state index contributed by atoms with van der Waals surface area (Å²) in [7, 11) is 0. The van der Waals surface area contributed by atoms with Gasteiger partial charge in [0.05, 0.1) is 6.61 Å². The van der Waals surface area contributed by atoms with Crippen molar-refractivity contribution in [2.75, 3.05) is 11.9 Å². The number of amides is 1. The Morgan fingerprint density at radius 1 is 0.825 bits per heavy atom. The lowest BCUT2D eigenvalue weighted by Gasteiger charge is -2.17. The van der Waals surface area contributed by atoms with Crippen molar-refractivity contribution in [3.05, 3.63) is 22.7 Å². The minimum absolute atomic E-state index is 0.135. The van der Waals surface area contributed by atoms with Gasteiger partial charge >= 0.3 is 5.69 Å². The number of rotatable bonds is 23. The van der Waals surface area contributed by atoms with Gasteiger partial charge in [0.15, 0.2) is 6.23 Å². The fourth-order valence-corrected chi connectivity index (χ4v) is 5.36. The number of hydrogen-bond donors (Lipinski definition) is 4. The van der Waals surface area contributed by atoms with E-state index >= 15 is 0 Å². The van der Waals surface area contributed by atoms with Crippen molar-refractivity contribution in [2.45, 2.75) is 160 Å². The van der Waals surface area contributed by atoms with Crippen LogP contribution in [0.5, 0.6) is 0 Å². The molecule has 4 N–H and O–H groups in total. The molecule has 1 amide bonds. The molecule has 0 bridgehead atoms. The van der Waals surface area contributed by atoms with E-state index in [1.54, 1.807) is 0 Å². The number of hydrogen-bond acceptors (Lipinski definition) is 7. The second-order valence-corrected chi connectivity index (χ2v) is 11.4. The number of aliphatic hydroxyl groups excluding tert-OH is 3. The Kier molecular flexibility index (Phi) is 18.0. The third-order valence-corrected chi connectivity index (χ3v) is 7.90. The highest BCUT2D eigenvalue weighted by Crippen LogP contribution is 2.28. The molecule has 0 radical (unpaired) electrons. The van der Waals surface area contributed by atoms with E-state index in [2.05, 4.69) is 17.2 Å². The predicted molar refractivity (Wildman–Crippen MR) is 158 cm³/mol. The molecule has 1 aromatic rings. The maximum atomic E-state index is 12.4. The average Bonchev–Trinajstić information content (AvgIpc) is 3.23. The molecular formula is C31H55N3O6. The number of aromatic nitrogens is 2. The molecule has 2 rings (SSSR count). The van der Waals surface area contributed by atoms with Gasteiger partial charge in [-0.2, -0.15) is 4.98 Å². The molecule has 4 atom stereocenters. The summed E-state index contributed by atoms with van der Waals surface area (Å²) in [6.45, 7) is 1.79. The molecule has 0 aromatic carbocycles. The van der Waals surface area contributed by atoms with Crippen LogP contribution in [0.25, 0.3) is 0 Å². The summed E-state index contributed by atoms with van der Waals surface area (Å²) in [6, 6.07) is 1.45. The van der Waals surface area contributed by atoms with E-state index in [1.807, 2.05) is 0 Å². The SMILES string of the molecule is CCCCCCCCCCCCCCCCCCCCCC(=O)Nc1ccn([C@H]2O[C@@H](CO)[C@@H](O)[C@H]2O)c(=O)n1. The van der Waals surface area contributed by atoms with E-state index in [-0.39, 0.29) is 11.7 Å². The lowest BCUT2D eigenvalue weighted by atomic mass is 10.0. The zero-order valence-electron chi connectivity index (χ0n) is 24.8. The van der Waals surface area contributed by atoms with Gasteiger partial charge in [-0.25, -0.2) is 4.79 Å². The van der Waals surface area contributed by atoms with Crippen molar-refractivity contribution in [2.24, 2.45) is 0 Å². The highest BCUT2D eigenvalue weighted by molar-refractivity contribution is 5.89. The number of aliphatic hydroxyl groups is 3. The third-order valence-electron chi connectivity index (χ3n) is 7.90.